The second-order valence-electron chi connectivity index (χ2n) is 5.30. The van der Waals surface area contributed by atoms with Gasteiger partial charge in [-0.3, -0.25) is 0 Å². The van der Waals surface area contributed by atoms with E-state index in [0.29, 0.717) is 0 Å². The van der Waals surface area contributed by atoms with Crippen molar-refractivity contribution in [2.24, 2.45) is 0 Å². The number of rotatable bonds is 2. The Kier molecular flexibility index (Phi) is 3.04. The highest BCUT2D eigenvalue weighted by molar-refractivity contribution is 9.10. The van der Waals surface area contributed by atoms with Crippen LogP contribution in [0.5, 0.6) is 0 Å². The fourth-order valence-corrected chi connectivity index (χ4v) is 3.23. The van der Waals surface area contributed by atoms with Crippen LogP contribution < -0.4 is 5.32 Å². The molecule has 0 aliphatic heterocycles. The SMILES string of the molecule is Brc1ccc(Nc2cccc3c2Cc2ccccc2-3)cc1. The van der Waals surface area contributed by atoms with E-state index in [4.69, 9.17) is 0 Å². The maximum Gasteiger partial charge on any atom is 0.0426 e. The molecule has 3 aromatic carbocycles. The topological polar surface area (TPSA) is 12.0 Å². The van der Waals surface area contributed by atoms with Crippen LogP contribution in [0.15, 0.2) is 71.2 Å². The zero-order valence-electron chi connectivity index (χ0n) is 11.4. The van der Waals surface area contributed by atoms with E-state index in [2.05, 4.69) is 88.0 Å². The van der Waals surface area contributed by atoms with E-state index in [-0.39, 0.29) is 0 Å². The molecule has 102 valence electrons. The number of benzene rings is 3. The van der Waals surface area contributed by atoms with Crippen LogP contribution in [-0.2, 0) is 6.42 Å². The second kappa shape index (κ2) is 5.05. The molecule has 0 bridgehead atoms. The minimum atomic E-state index is 1.01. The molecular weight excluding hydrogens is 322 g/mol. The summed E-state index contributed by atoms with van der Waals surface area (Å²) in [5.74, 6) is 0. The standard InChI is InChI=1S/C19H14BrN/c20-14-8-10-15(11-9-14)21-19-7-3-6-17-16-5-2-1-4-13(16)12-18(17)19/h1-11,21H,12H2. The van der Waals surface area contributed by atoms with Gasteiger partial charge in [0.1, 0.15) is 0 Å². The summed E-state index contributed by atoms with van der Waals surface area (Å²) in [5, 5.41) is 3.55. The molecule has 0 unspecified atom stereocenters. The van der Waals surface area contributed by atoms with Gasteiger partial charge >= 0.3 is 0 Å². The van der Waals surface area contributed by atoms with Gasteiger partial charge in [-0.15, -0.1) is 0 Å². The van der Waals surface area contributed by atoms with Gasteiger partial charge in [0.15, 0.2) is 0 Å². The highest BCUT2D eigenvalue weighted by atomic mass is 79.9. The molecule has 0 atom stereocenters. The fraction of sp³-hybridized carbons (Fsp3) is 0.0526. The first kappa shape index (κ1) is 12.7. The summed E-state index contributed by atoms with van der Waals surface area (Å²) in [6.45, 7) is 0. The number of anilines is 2. The lowest BCUT2D eigenvalue weighted by Crippen LogP contribution is -1.95. The molecule has 0 saturated heterocycles. The van der Waals surface area contributed by atoms with Crippen molar-refractivity contribution >= 4 is 27.3 Å². The van der Waals surface area contributed by atoms with Crippen molar-refractivity contribution in [2.75, 3.05) is 5.32 Å². The summed E-state index contributed by atoms with van der Waals surface area (Å²) in [5.41, 5.74) is 7.84. The number of nitrogens with one attached hydrogen (secondary N) is 1. The first-order valence-electron chi connectivity index (χ1n) is 7.04. The van der Waals surface area contributed by atoms with Gasteiger partial charge in [0, 0.05) is 22.3 Å². The number of halogens is 1. The van der Waals surface area contributed by atoms with Crippen LogP contribution in [0.4, 0.5) is 11.4 Å². The van der Waals surface area contributed by atoms with Gasteiger partial charge in [-0.1, -0.05) is 52.3 Å². The van der Waals surface area contributed by atoms with Gasteiger partial charge in [0.05, 0.1) is 0 Å². The Bertz CT molecular complexity index is 806. The number of hydrogen-bond donors (Lipinski definition) is 1. The Labute approximate surface area is 132 Å². The van der Waals surface area contributed by atoms with E-state index < -0.39 is 0 Å². The smallest absolute Gasteiger partial charge is 0.0426 e. The molecule has 21 heavy (non-hydrogen) atoms. The zero-order chi connectivity index (χ0) is 14.2. The van der Waals surface area contributed by atoms with E-state index in [0.717, 1.165) is 16.6 Å². The molecule has 0 saturated carbocycles. The highest BCUT2D eigenvalue weighted by Crippen LogP contribution is 2.40. The van der Waals surface area contributed by atoms with Crippen molar-refractivity contribution in [1.82, 2.24) is 0 Å². The lowest BCUT2D eigenvalue weighted by molar-refractivity contribution is 1.26. The van der Waals surface area contributed by atoms with Crippen LogP contribution >= 0.6 is 15.9 Å². The predicted octanol–water partition coefficient (Wildman–Crippen LogP) is 5.76. The predicted molar refractivity (Wildman–Crippen MR) is 92.1 cm³/mol. The summed E-state index contributed by atoms with van der Waals surface area (Å²) >= 11 is 3.47. The summed E-state index contributed by atoms with van der Waals surface area (Å²) in [7, 11) is 0. The molecule has 1 N–H and O–H groups in total. The Morgan fingerprint density at radius 3 is 2.38 bits per heavy atom. The Hall–Kier alpha value is -2.06. The molecule has 0 heterocycles. The summed E-state index contributed by atoms with van der Waals surface area (Å²) in [6.07, 6.45) is 1.01. The molecule has 4 rings (SSSR count). The fourth-order valence-electron chi connectivity index (χ4n) is 2.96. The molecular formula is C19H14BrN. The highest BCUT2D eigenvalue weighted by Gasteiger charge is 2.20. The van der Waals surface area contributed by atoms with Crippen molar-refractivity contribution in [3.63, 3.8) is 0 Å². The zero-order valence-corrected chi connectivity index (χ0v) is 13.0. The van der Waals surface area contributed by atoms with Crippen molar-refractivity contribution in [2.45, 2.75) is 6.42 Å². The van der Waals surface area contributed by atoms with Gasteiger partial charge in [0.25, 0.3) is 0 Å². The quantitative estimate of drug-likeness (QED) is 0.490. The van der Waals surface area contributed by atoms with E-state index in [1.54, 1.807) is 0 Å². The first-order valence-corrected chi connectivity index (χ1v) is 7.83. The Morgan fingerprint density at radius 2 is 1.52 bits per heavy atom. The molecule has 0 aromatic heterocycles. The van der Waals surface area contributed by atoms with Crippen LogP contribution in [-0.4, -0.2) is 0 Å². The molecule has 1 nitrogen and oxygen atoms in total. The number of hydrogen-bond acceptors (Lipinski definition) is 1. The van der Waals surface area contributed by atoms with Crippen molar-refractivity contribution in [3.05, 3.63) is 82.3 Å². The normalized spacial score (nSPS) is 11.9. The monoisotopic (exact) mass is 335 g/mol. The van der Waals surface area contributed by atoms with Crippen LogP contribution in [0.1, 0.15) is 11.1 Å². The first-order chi connectivity index (χ1) is 10.3. The molecule has 0 amide bonds. The van der Waals surface area contributed by atoms with Crippen molar-refractivity contribution < 1.29 is 0 Å². The van der Waals surface area contributed by atoms with Crippen molar-refractivity contribution in [3.8, 4) is 11.1 Å². The summed E-state index contributed by atoms with van der Waals surface area (Å²) in [6, 6.07) is 23.5. The molecule has 1 aliphatic rings. The molecule has 0 spiro atoms. The summed E-state index contributed by atoms with van der Waals surface area (Å²) in [4.78, 5) is 0. The van der Waals surface area contributed by atoms with E-state index in [1.807, 2.05) is 0 Å². The second-order valence-corrected chi connectivity index (χ2v) is 6.21. The van der Waals surface area contributed by atoms with Crippen LogP contribution in [0, 0.1) is 0 Å². The molecule has 3 aromatic rings. The van der Waals surface area contributed by atoms with Crippen LogP contribution in [0.2, 0.25) is 0 Å². The lowest BCUT2D eigenvalue weighted by Gasteiger charge is -2.11. The van der Waals surface area contributed by atoms with Gasteiger partial charge in [-0.05, 0) is 52.6 Å². The van der Waals surface area contributed by atoms with Gasteiger partial charge in [-0.2, -0.15) is 0 Å². The third-order valence-corrected chi connectivity index (χ3v) is 4.50. The van der Waals surface area contributed by atoms with E-state index in [1.165, 1.54) is 27.9 Å². The molecule has 2 heteroatoms. The minimum Gasteiger partial charge on any atom is -0.355 e. The Balaban J connectivity index is 1.74. The maximum absolute atomic E-state index is 3.55. The van der Waals surface area contributed by atoms with Gasteiger partial charge < -0.3 is 5.32 Å². The maximum atomic E-state index is 3.55. The average Bonchev–Trinajstić information content (AvgIpc) is 2.89. The third-order valence-electron chi connectivity index (χ3n) is 3.97. The summed E-state index contributed by atoms with van der Waals surface area (Å²) < 4.78 is 1.10. The molecule has 0 fully saturated rings. The molecule has 1 aliphatic carbocycles. The van der Waals surface area contributed by atoms with Gasteiger partial charge in [-0.25, -0.2) is 0 Å². The largest absolute Gasteiger partial charge is 0.355 e. The average molecular weight is 336 g/mol. The molecule has 0 radical (unpaired) electrons. The van der Waals surface area contributed by atoms with Crippen LogP contribution in [0.3, 0.4) is 0 Å². The van der Waals surface area contributed by atoms with E-state index >= 15 is 0 Å². The Morgan fingerprint density at radius 1 is 0.762 bits per heavy atom. The van der Waals surface area contributed by atoms with Crippen molar-refractivity contribution in [1.29, 1.82) is 0 Å². The van der Waals surface area contributed by atoms with Gasteiger partial charge in [0.2, 0.25) is 0 Å². The van der Waals surface area contributed by atoms with E-state index in [9.17, 15) is 0 Å². The lowest BCUT2D eigenvalue weighted by atomic mass is 10.0. The number of fused-ring (bicyclic) bond motifs is 3. The van der Waals surface area contributed by atoms with Crippen LogP contribution in [0.25, 0.3) is 11.1 Å². The minimum absolute atomic E-state index is 1.01. The third kappa shape index (κ3) is 2.26.